The zero-order chi connectivity index (χ0) is 22.9. The minimum atomic E-state index is -0.305. The first-order valence-electron chi connectivity index (χ1n) is 11.0. The van der Waals surface area contributed by atoms with Crippen molar-refractivity contribution in [1.29, 1.82) is 0 Å². The molecular weight excluding hydrogens is 404 g/mol. The number of fused-ring (bicyclic) bond motifs is 1. The van der Waals surface area contributed by atoms with E-state index in [-0.39, 0.29) is 17.4 Å². The van der Waals surface area contributed by atoms with Gasteiger partial charge in [-0.05, 0) is 74.5 Å². The summed E-state index contributed by atoms with van der Waals surface area (Å²) in [7, 11) is 9.42. The Morgan fingerprint density at radius 2 is 1.78 bits per heavy atom. The highest BCUT2D eigenvalue weighted by molar-refractivity contribution is 5.90. The fourth-order valence-corrected chi connectivity index (χ4v) is 5.04. The molecule has 1 aliphatic heterocycles. The van der Waals surface area contributed by atoms with Crippen molar-refractivity contribution >= 4 is 11.7 Å². The lowest BCUT2D eigenvalue weighted by molar-refractivity contribution is 0.0579. The summed E-state index contributed by atoms with van der Waals surface area (Å²) in [6.07, 6.45) is 4.66. The Hall–Kier alpha value is -2.99. The van der Waals surface area contributed by atoms with Crippen molar-refractivity contribution in [3.8, 4) is 11.5 Å². The van der Waals surface area contributed by atoms with E-state index >= 15 is 0 Å². The predicted molar refractivity (Wildman–Crippen MR) is 126 cm³/mol. The Morgan fingerprint density at radius 3 is 2.44 bits per heavy atom. The van der Waals surface area contributed by atoms with E-state index in [1.165, 1.54) is 5.56 Å². The number of likely N-dealkylation sites (N-methyl/N-ethyl adjacent to an activating group) is 1. The number of carbonyl (C=O) groups is 1. The monoisotopic (exact) mass is 436 g/mol. The summed E-state index contributed by atoms with van der Waals surface area (Å²) in [6, 6.07) is 14.0. The molecule has 2 atom stereocenters. The van der Waals surface area contributed by atoms with Crippen LogP contribution in [0.5, 0.6) is 11.5 Å². The first-order chi connectivity index (χ1) is 15.4. The van der Waals surface area contributed by atoms with Gasteiger partial charge in [-0.1, -0.05) is 6.07 Å². The molecule has 0 radical (unpaired) electrons. The van der Waals surface area contributed by atoms with Crippen LogP contribution in [0.4, 0.5) is 5.69 Å². The highest BCUT2D eigenvalue weighted by atomic mass is 16.5. The van der Waals surface area contributed by atoms with Gasteiger partial charge in [-0.3, -0.25) is 0 Å². The number of rotatable bonds is 6. The second kappa shape index (κ2) is 8.87. The average Bonchev–Trinajstić information content (AvgIpc) is 3.15. The standard InChI is InChI=1S/C26H32N2O4/c1-27(2)20-9-6-18(7-10-20)25(29)32-21-12-13-26(14-15-28(3)24(26)17-21)19-8-11-22(30-4)23(16-19)31-5/h6-12,16,24H,13-15,17H2,1-5H3/t24-,26-/m0/s1. The second-order valence-electron chi connectivity index (χ2n) is 8.88. The molecule has 1 aliphatic carbocycles. The van der Waals surface area contributed by atoms with E-state index in [1.54, 1.807) is 14.2 Å². The van der Waals surface area contributed by atoms with Crippen LogP contribution in [0.15, 0.2) is 54.3 Å². The lowest BCUT2D eigenvalue weighted by Gasteiger charge is -2.40. The normalized spacial score (nSPS) is 22.7. The highest BCUT2D eigenvalue weighted by Gasteiger charge is 2.49. The van der Waals surface area contributed by atoms with Crippen molar-refractivity contribution in [2.75, 3.05) is 46.8 Å². The number of allylic oxidation sites excluding steroid dienone is 1. The van der Waals surface area contributed by atoms with Crippen LogP contribution in [0, 0.1) is 0 Å². The molecule has 4 rings (SSSR count). The zero-order valence-electron chi connectivity index (χ0n) is 19.6. The van der Waals surface area contributed by atoms with Crippen molar-refractivity contribution in [3.05, 3.63) is 65.4 Å². The van der Waals surface area contributed by atoms with E-state index < -0.39 is 0 Å². The highest BCUT2D eigenvalue weighted by Crippen LogP contribution is 2.49. The minimum Gasteiger partial charge on any atom is -0.493 e. The van der Waals surface area contributed by atoms with E-state index in [1.807, 2.05) is 49.3 Å². The molecule has 32 heavy (non-hydrogen) atoms. The van der Waals surface area contributed by atoms with Crippen molar-refractivity contribution in [2.45, 2.75) is 30.7 Å². The number of methoxy groups -OCH3 is 2. The summed E-state index contributed by atoms with van der Waals surface area (Å²) in [5.41, 5.74) is 2.82. The maximum Gasteiger partial charge on any atom is 0.343 e. The van der Waals surface area contributed by atoms with Gasteiger partial charge in [0, 0.05) is 37.7 Å². The topological polar surface area (TPSA) is 51.2 Å². The van der Waals surface area contributed by atoms with Crippen LogP contribution in [-0.2, 0) is 10.2 Å². The number of hydrogen-bond acceptors (Lipinski definition) is 6. The number of ether oxygens (including phenoxy) is 3. The van der Waals surface area contributed by atoms with Gasteiger partial charge >= 0.3 is 5.97 Å². The number of esters is 1. The molecule has 0 aromatic heterocycles. The maximum atomic E-state index is 12.8. The average molecular weight is 437 g/mol. The molecule has 170 valence electrons. The molecule has 0 spiro atoms. The Labute approximate surface area is 190 Å². The summed E-state index contributed by atoms with van der Waals surface area (Å²) in [4.78, 5) is 17.1. The van der Waals surface area contributed by atoms with E-state index in [9.17, 15) is 4.79 Å². The van der Waals surface area contributed by atoms with Gasteiger partial charge in [-0.25, -0.2) is 4.79 Å². The number of likely N-dealkylation sites (tertiary alicyclic amines) is 1. The van der Waals surface area contributed by atoms with Crippen LogP contribution in [0.3, 0.4) is 0 Å². The van der Waals surface area contributed by atoms with Crippen LogP contribution in [-0.4, -0.2) is 58.8 Å². The molecule has 0 saturated carbocycles. The van der Waals surface area contributed by atoms with Crippen molar-refractivity contribution in [1.82, 2.24) is 4.90 Å². The molecule has 1 heterocycles. The fraction of sp³-hybridized carbons (Fsp3) is 0.423. The first kappa shape index (κ1) is 22.2. The van der Waals surface area contributed by atoms with Crippen LogP contribution in [0.2, 0.25) is 0 Å². The van der Waals surface area contributed by atoms with E-state index in [0.717, 1.165) is 42.3 Å². The van der Waals surface area contributed by atoms with Crippen LogP contribution in [0.25, 0.3) is 0 Å². The summed E-state index contributed by atoms with van der Waals surface area (Å²) < 4.78 is 16.8. The Morgan fingerprint density at radius 1 is 1.06 bits per heavy atom. The van der Waals surface area contributed by atoms with Gasteiger partial charge in [0.25, 0.3) is 0 Å². The molecule has 0 unspecified atom stereocenters. The van der Waals surface area contributed by atoms with Crippen LogP contribution >= 0.6 is 0 Å². The van der Waals surface area contributed by atoms with E-state index in [0.29, 0.717) is 12.0 Å². The third-order valence-electron chi connectivity index (χ3n) is 6.97. The molecule has 0 bridgehead atoms. The predicted octanol–water partition coefficient (Wildman–Crippen LogP) is 4.25. The summed E-state index contributed by atoms with van der Waals surface area (Å²) in [5.74, 6) is 1.93. The van der Waals surface area contributed by atoms with Crippen molar-refractivity contribution < 1.29 is 19.0 Å². The van der Waals surface area contributed by atoms with Gasteiger partial charge in [0.15, 0.2) is 11.5 Å². The lowest BCUT2D eigenvalue weighted by atomic mass is 9.68. The van der Waals surface area contributed by atoms with Gasteiger partial charge in [-0.2, -0.15) is 0 Å². The lowest BCUT2D eigenvalue weighted by Crippen LogP contribution is -2.43. The van der Waals surface area contributed by atoms with E-state index in [2.05, 4.69) is 30.2 Å². The zero-order valence-corrected chi connectivity index (χ0v) is 19.6. The number of benzene rings is 2. The largest absolute Gasteiger partial charge is 0.493 e. The van der Waals surface area contributed by atoms with E-state index in [4.69, 9.17) is 14.2 Å². The Balaban J connectivity index is 1.56. The van der Waals surface area contributed by atoms with Crippen molar-refractivity contribution in [2.24, 2.45) is 0 Å². The molecule has 2 aromatic rings. The quantitative estimate of drug-likeness (QED) is 0.631. The number of hydrogen-bond donors (Lipinski definition) is 0. The first-order valence-corrected chi connectivity index (χ1v) is 11.0. The second-order valence-corrected chi connectivity index (χ2v) is 8.88. The number of carbonyl (C=O) groups excluding carboxylic acids is 1. The Kier molecular flexibility index (Phi) is 6.15. The third-order valence-corrected chi connectivity index (χ3v) is 6.97. The molecule has 6 nitrogen and oxygen atoms in total. The number of anilines is 1. The van der Waals surface area contributed by atoms with Gasteiger partial charge in [0.1, 0.15) is 5.76 Å². The summed E-state index contributed by atoms with van der Waals surface area (Å²) in [6.45, 7) is 1.00. The molecule has 6 heteroatoms. The Bertz CT molecular complexity index is 1010. The molecule has 1 fully saturated rings. The van der Waals surface area contributed by atoms with Crippen LogP contribution in [0.1, 0.15) is 35.2 Å². The fourth-order valence-electron chi connectivity index (χ4n) is 5.04. The SMILES string of the molecule is COc1ccc([C@@]23CC=C(OC(=O)c4ccc(N(C)C)cc4)C[C@@H]2N(C)CC3)cc1OC. The molecule has 2 aliphatic rings. The number of nitrogens with zero attached hydrogens (tertiary/aromatic N) is 2. The maximum absolute atomic E-state index is 12.8. The summed E-state index contributed by atoms with van der Waals surface area (Å²) in [5, 5.41) is 0. The van der Waals surface area contributed by atoms with Gasteiger partial charge in [0.05, 0.1) is 19.8 Å². The third kappa shape index (κ3) is 3.95. The summed E-state index contributed by atoms with van der Waals surface area (Å²) >= 11 is 0. The van der Waals surface area contributed by atoms with Crippen LogP contribution < -0.4 is 14.4 Å². The molecule has 2 aromatic carbocycles. The molecular formula is C26H32N2O4. The molecule has 0 N–H and O–H groups in total. The van der Waals surface area contributed by atoms with Gasteiger partial charge < -0.3 is 24.0 Å². The minimum absolute atomic E-state index is 0.0302. The van der Waals surface area contributed by atoms with Crippen molar-refractivity contribution in [3.63, 3.8) is 0 Å². The molecule has 0 amide bonds. The van der Waals surface area contributed by atoms with Gasteiger partial charge in [0.2, 0.25) is 0 Å². The van der Waals surface area contributed by atoms with Gasteiger partial charge in [-0.15, -0.1) is 0 Å². The molecule has 1 saturated heterocycles. The smallest absolute Gasteiger partial charge is 0.343 e.